The van der Waals surface area contributed by atoms with Crippen molar-refractivity contribution in [2.75, 3.05) is 6.54 Å². The fraction of sp³-hybridized carbons (Fsp3) is 0.692. The summed E-state index contributed by atoms with van der Waals surface area (Å²) in [5.41, 5.74) is -0.443. The lowest BCUT2D eigenvalue weighted by atomic mass is 9.67. The van der Waals surface area contributed by atoms with E-state index in [1.54, 1.807) is 11.5 Å². The van der Waals surface area contributed by atoms with Gasteiger partial charge in [-0.05, 0) is 32.1 Å². The van der Waals surface area contributed by atoms with E-state index in [4.69, 9.17) is 5.11 Å². The Morgan fingerprint density at radius 1 is 1.52 bits per heavy atom. The number of carboxylic acids is 1. The minimum Gasteiger partial charge on any atom is -0.481 e. The van der Waals surface area contributed by atoms with Crippen molar-refractivity contribution in [2.45, 2.75) is 51.1 Å². The van der Waals surface area contributed by atoms with Crippen molar-refractivity contribution >= 4 is 16.0 Å². The number of hydrogen-bond donors (Lipinski definition) is 2. The summed E-state index contributed by atoms with van der Waals surface area (Å²) in [6.07, 6.45) is 3.92. The molecule has 2 N–H and O–H groups in total. The molecule has 1 heterocycles. The molecular weight excluding hydrogens is 294 g/mol. The number of nitrogens with zero attached hydrogens (tertiary/aromatic N) is 2. The number of aliphatic carboxylic acids is 1. The standard InChI is InChI=1S/C13H21N3O4S/c1-3-16-8-11(15-10(16)2)21(19,20)14-9-13(5-4-6-13)7-12(17)18/h8,14H,3-7,9H2,1-2H3,(H,17,18). The van der Waals surface area contributed by atoms with E-state index in [1.807, 2.05) is 6.92 Å². The Kier molecular flexibility index (Phi) is 4.38. The van der Waals surface area contributed by atoms with Crippen molar-refractivity contribution in [1.29, 1.82) is 0 Å². The summed E-state index contributed by atoms with van der Waals surface area (Å²) >= 11 is 0. The molecule has 0 atom stereocenters. The molecule has 2 rings (SSSR count). The number of aryl methyl sites for hydroxylation is 2. The summed E-state index contributed by atoms with van der Waals surface area (Å²) in [5.74, 6) is -0.248. The molecule has 118 valence electrons. The zero-order valence-corrected chi connectivity index (χ0v) is 13.1. The van der Waals surface area contributed by atoms with Gasteiger partial charge in [-0.3, -0.25) is 4.79 Å². The topological polar surface area (TPSA) is 101 Å². The van der Waals surface area contributed by atoms with Crippen LogP contribution in [0.15, 0.2) is 11.2 Å². The number of aromatic nitrogens is 2. The Morgan fingerprint density at radius 2 is 2.19 bits per heavy atom. The summed E-state index contributed by atoms with van der Waals surface area (Å²) in [5, 5.41) is 8.93. The first kappa shape index (κ1) is 16.0. The van der Waals surface area contributed by atoms with Crippen LogP contribution in [0.4, 0.5) is 0 Å². The third kappa shape index (κ3) is 3.44. The van der Waals surface area contributed by atoms with Gasteiger partial charge in [0.25, 0.3) is 10.0 Å². The average Bonchev–Trinajstić information content (AvgIpc) is 2.74. The number of carboxylic acid groups (broad SMARTS) is 1. The molecule has 0 aromatic carbocycles. The molecular formula is C13H21N3O4S. The molecule has 0 amide bonds. The van der Waals surface area contributed by atoms with E-state index in [0.717, 1.165) is 19.3 Å². The lowest BCUT2D eigenvalue weighted by Gasteiger charge is -2.40. The van der Waals surface area contributed by atoms with Gasteiger partial charge in [0, 0.05) is 19.3 Å². The monoisotopic (exact) mass is 315 g/mol. The fourth-order valence-electron chi connectivity index (χ4n) is 2.66. The van der Waals surface area contributed by atoms with Gasteiger partial charge in [-0.2, -0.15) is 0 Å². The second kappa shape index (κ2) is 5.76. The minimum atomic E-state index is -3.69. The predicted octanol–water partition coefficient (Wildman–Crippen LogP) is 1.13. The highest BCUT2D eigenvalue weighted by molar-refractivity contribution is 7.89. The Labute approximate surface area is 124 Å². The Morgan fingerprint density at radius 3 is 2.62 bits per heavy atom. The second-order valence-corrected chi connectivity index (χ2v) is 7.37. The maximum atomic E-state index is 12.3. The molecule has 1 aromatic heterocycles. The van der Waals surface area contributed by atoms with Crippen LogP contribution in [0.3, 0.4) is 0 Å². The smallest absolute Gasteiger partial charge is 0.303 e. The number of imidazole rings is 1. The average molecular weight is 315 g/mol. The van der Waals surface area contributed by atoms with Crippen molar-refractivity contribution < 1.29 is 18.3 Å². The highest BCUT2D eigenvalue weighted by atomic mass is 32.2. The molecule has 7 nitrogen and oxygen atoms in total. The maximum Gasteiger partial charge on any atom is 0.303 e. The second-order valence-electron chi connectivity index (χ2n) is 5.66. The van der Waals surface area contributed by atoms with Crippen LogP contribution in [0.25, 0.3) is 0 Å². The molecule has 21 heavy (non-hydrogen) atoms. The van der Waals surface area contributed by atoms with Crippen LogP contribution in [0.2, 0.25) is 0 Å². The molecule has 1 aliphatic rings. The summed E-state index contributed by atoms with van der Waals surface area (Å²) in [4.78, 5) is 15.0. The number of rotatable bonds is 7. The van der Waals surface area contributed by atoms with Crippen molar-refractivity contribution in [3.8, 4) is 0 Å². The van der Waals surface area contributed by atoms with E-state index >= 15 is 0 Å². The maximum absolute atomic E-state index is 12.3. The van der Waals surface area contributed by atoms with Crippen LogP contribution in [-0.4, -0.2) is 35.6 Å². The quantitative estimate of drug-likeness (QED) is 0.785. The molecule has 1 fully saturated rings. The molecule has 0 radical (unpaired) electrons. The number of sulfonamides is 1. The van der Waals surface area contributed by atoms with E-state index in [9.17, 15) is 13.2 Å². The largest absolute Gasteiger partial charge is 0.481 e. The van der Waals surface area contributed by atoms with Gasteiger partial charge in [-0.25, -0.2) is 18.1 Å². The molecule has 0 unspecified atom stereocenters. The van der Waals surface area contributed by atoms with Crippen LogP contribution in [0.1, 0.15) is 38.4 Å². The van der Waals surface area contributed by atoms with Gasteiger partial charge in [0.2, 0.25) is 0 Å². The Hall–Kier alpha value is -1.41. The first-order chi connectivity index (χ1) is 9.78. The molecule has 0 saturated heterocycles. The van der Waals surface area contributed by atoms with Crippen molar-refractivity contribution in [1.82, 2.24) is 14.3 Å². The molecule has 1 aromatic rings. The zero-order chi connectivity index (χ0) is 15.7. The van der Waals surface area contributed by atoms with Gasteiger partial charge < -0.3 is 9.67 Å². The zero-order valence-electron chi connectivity index (χ0n) is 12.3. The summed E-state index contributed by atoms with van der Waals surface area (Å²) < 4.78 is 28.8. The lowest BCUT2D eigenvalue weighted by molar-refractivity contribution is -0.141. The first-order valence-corrected chi connectivity index (χ1v) is 8.51. The van der Waals surface area contributed by atoms with Gasteiger partial charge in [0.05, 0.1) is 6.42 Å². The Bertz CT molecular complexity index is 632. The molecule has 0 bridgehead atoms. The van der Waals surface area contributed by atoms with Crippen LogP contribution in [0.5, 0.6) is 0 Å². The van der Waals surface area contributed by atoms with Crippen LogP contribution in [0, 0.1) is 12.3 Å². The molecule has 0 aliphatic heterocycles. The van der Waals surface area contributed by atoms with Gasteiger partial charge in [-0.15, -0.1) is 0 Å². The number of carbonyl (C=O) groups is 1. The normalized spacial score (nSPS) is 17.4. The van der Waals surface area contributed by atoms with E-state index in [0.29, 0.717) is 12.4 Å². The van der Waals surface area contributed by atoms with Gasteiger partial charge in [0.1, 0.15) is 5.82 Å². The third-order valence-electron chi connectivity index (χ3n) is 4.15. The van der Waals surface area contributed by atoms with Gasteiger partial charge in [-0.1, -0.05) is 6.42 Å². The van der Waals surface area contributed by atoms with E-state index in [-0.39, 0.29) is 18.0 Å². The first-order valence-electron chi connectivity index (χ1n) is 7.03. The molecule has 8 heteroatoms. The SMILES string of the molecule is CCn1cc(S(=O)(=O)NCC2(CC(=O)O)CCC2)nc1C. The third-order valence-corrected chi connectivity index (χ3v) is 5.42. The summed E-state index contributed by atoms with van der Waals surface area (Å²) in [6, 6.07) is 0. The highest BCUT2D eigenvalue weighted by Crippen LogP contribution is 2.43. The minimum absolute atomic E-state index is 0.00204. The van der Waals surface area contributed by atoms with Crippen LogP contribution in [-0.2, 0) is 21.4 Å². The van der Waals surface area contributed by atoms with Crippen molar-refractivity contribution in [3.63, 3.8) is 0 Å². The molecule has 0 spiro atoms. The molecule has 1 saturated carbocycles. The van der Waals surface area contributed by atoms with E-state index < -0.39 is 21.4 Å². The number of hydrogen-bond acceptors (Lipinski definition) is 4. The van der Waals surface area contributed by atoms with Gasteiger partial charge >= 0.3 is 5.97 Å². The fourth-order valence-corrected chi connectivity index (χ4v) is 3.83. The van der Waals surface area contributed by atoms with E-state index in [2.05, 4.69) is 9.71 Å². The number of nitrogens with one attached hydrogen (secondary N) is 1. The predicted molar refractivity (Wildman–Crippen MR) is 76.4 cm³/mol. The van der Waals surface area contributed by atoms with Crippen molar-refractivity contribution in [2.24, 2.45) is 5.41 Å². The van der Waals surface area contributed by atoms with Crippen LogP contribution >= 0.6 is 0 Å². The van der Waals surface area contributed by atoms with Crippen molar-refractivity contribution in [3.05, 3.63) is 12.0 Å². The lowest BCUT2D eigenvalue weighted by Crippen LogP contribution is -2.43. The summed E-state index contributed by atoms with van der Waals surface area (Å²) in [6.45, 7) is 4.46. The van der Waals surface area contributed by atoms with Crippen LogP contribution < -0.4 is 4.72 Å². The highest BCUT2D eigenvalue weighted by Gasteiger charge is 2.40. The van der Waals surface area contributed by atoms with Gasteiger partial charge in [0.15, 0.2) is 5.03 Å². The Balaban J connectivity index is 2.08. The summed E-state index contributed by atoms with van der Waals surface area (Å²) in [7, 11) is -3.69. The van der Waals surface area contributed by atoms with E-state index in [1.165, 1.54) is 6.20 Å². The molecule has 1 aliphatic carbocycles.